The molecule has 0 aliphatic carbocycles. The molecule has 3 heteroatoms. The number of aromatic nitrogens is 2. The van der Waals surface area contributed by atoms with E-state index in [-0.39, 0.29) is 0 Å². The number of benzene rings is 1. The van der Waals surface area contributed by atoms with Crippen molar-refractivity contribution in [2.75, 3.05) is 6.54 Å². The Balaban J connectivity index is 2.00. The van der Waals surface area contributed by atoms with Gasteiger partial charge < -0.3 is 9.88 Å². The van der Waals surface area contributed by atoms with Crippen LogP contribution < -0.4 is 5.32 Å². The Morgan fingerprint density at radius 3 is 2.50 bits per heavy atom. The maximum atomic E-state index is 4.24. The molecule has 1 N–H and O–H groups in total. The second-order valence-electron chi connectivity index (χ2n) is 5.04. The Morgan fingerprint density at radius 2 is 1.94 bits per heavy atom. The van der Waals surface area contributed by atoms with Crippen molar-refractivity contribution >= 4 is 0 Å². The van der Waals surface area contributed by atoms with Crippen LogP contribution in [0.3, 0.4) is 0 Å². The van der Waals surface area contributed by atoms with Gasteiger partial charge in [-0.05, 0) is 37.1 Å². The lowest BCUT2D eigenvalue weighted by atomic mass is 10.2. The number of imidazole rings is 1. The zero-order valence-electron chi connectivity index (χ0n) is 11.4. The van der Waals surface area contributed by atoms with Crippen LogP contribution in [-0.2, 0) is 6.54 Å². The number of hydrogen-bond donors (Lipinski definition) is 1. The van der Waals surface area contributed by atoms with Crippen LogP contribution in [0.5, 0.6) is 0 Å². The van der Waals surface area contributed by atoms with Crippen LogP contribution in [0.25, 0.3) is 5.69 Å². The lowest BCUT2D eigenvalue weighted by molar-refractivity contribution is 0.552. The molecule has 0 radical (unpaired) electrons. The second kappa shape index (κ2) is 5.83. The third-order valence-electron chi connectivity index (χ3n) is 2.92. The molecule has 0 saturated heterocycles. The Hall–Kier alpha value is -1.61. The third kappa shape index (κ3) is 3.20. The molecule has 0 spiro atoms. The summed E-state index contributed by atoms with van der Waals surface area (Å²) in [4.78, 5) is 4.24. The smallest absolute Gasteiger partial charge is 0.110 e. The van der Waals surface area contributed by atoms with Gasteiger partial charge in [-0.1, -0.05) is 26.0 Å². The number of nitrogens with zero attached hydrogens (tertiary/aromatic N) is 2. The van der Waals surface area contributed by atoms with Gasteiger partial charge in [-0.2, -0.15) is 0 Å². The molecule has 0 atom stereocenters. The Morgan fingerprint density at radius 1 is 1.22 bits per heavy atom. The highest BCUT2D eigenvalue weighted by molar-refractivity contribution is 5.35. The Bertz CT molecular complexity index is 483. The highest BCUT2D eigenvalue weighted by Gasteiger charge is 2.00. The van der Waals surface area contributed by atoms with Crippen LogP contribution in [0.15, 0.2) is 36.7 Å². The average molecular weight is 243 g/mol. The first-order valence-electron chi connectivity index (χ1n) is 6.47. The van der Waals surface area contributed by atoms with Crippen LogP contribution in [0.2, 0.25) is 0 Å². The highest BCUT2D eigenvalue weighted by Crippen LogP contribution is 2.11. The van der Waals surface area contributed by atoms with Gasteiger partial charge in [0.25, 0.3) is 0 Å². The minimum Gasteiger partial charge on any atom is -0.312 e. The molecule has 3 nitrogen and oxygen atoms in total. The molecule has 0 amide bonds. The summed E-state index contributed by atoms with van der Waals surface area (Å²) in [6, 6.07) is 8.62. The molecule has 2 aromatic rings. The molecule has 1 aromatic carbocycles. The van der Waals surface area contributed by atoms with Crippen LogP contribution in [0.1, 0.15) is 25.2 Å². The van der Waals surface area contributed by atoms with Crippen molar-refractivity contribution in [2.45, 2.75) is 27.3 Å². The van der Waals surface area contributed by atoms with E-state index in [1.165, 1.54) is 5.56 Å². The van der Waals surface area contributed by atoms with E-state index in [0.717, 1.165) is 24.6 Å². The summed E-state index contributed by atoms with van der Waals surface area (Å²) in [6.45, 7) is 8.44. The van der Waals surface area contributed by atoms with Gasteiger partial charge >= 0.3 is 0 Å². The SMILES string of the molecule is Cc1nccn1-c1ccc(CNCC(C)C)cc1. The fraction of sp³-hybridized carbons (Fsp3) is 0.400. The predicted molar refractivity (Wildman–Crippen MR) is 74.8 cm³/mol. The van der Waals surface area contributed by atoms with E-state index in [4.69, 9.17) is 0 Å². The first-order valence-corrected chi connectivity index (χ1v) is 6.47. The van der Waals surface area contributed by atoms with Crippen LogP contribution >= 0.6 is 0 Å². The third-order valence-corrected chi connectivity index (χ3v) is 2.92. The molecule has 0 bridgehead atoms. The van der Waals surface area contributed by atoms with Gasteiger partial charge in [-0.25, -0.2) is 4.98 Å². The second-order valence-corrected chi connectivity index (χ2v) is 5.04. The van der Waals surface area contributed by atoms with Crippen molar-refractivity contribution in [1.29, 1.82) is 0 Å². The summed E-state index contributed by atoms with van der Waals surface area (Å²) in [5.41, 5.74) is 2.48. The minimum absolute atomic E-state index is 0.692. The van der Waals surface area contributed by atoms with Crippen molar-refractivity contribution in [1.82, 2.24) is 14.9 Å². The standard InChI is InChI=1S/C15H21N3/c1-12(2)10-16-11-14-4-6-15(7-5-14)18-9-8-17-13(18)3/h4-9,12,16H,10-11H2,1-3H3. The van der Waals surface area contributed by atoms with Crippen molar-refractivity contribution in [2.24, 2.45) is 5.92 Å². The van der Waals surface area contributed by atoms with Gasteiger partial charge in [0.1, 0.15) is 5.82 Å². The average Bonchev–Trinajstić information content (AvgIpc) is 2.76. The molecule has 2 rings (SSSR count). The molecule has 96 valence electrons. The molecular weight excluding hydrogens is 222 g/mol. The number of aryl methyl sites for hydroxylation is 1. The fourth-order valence-electron chi connectivity index (χ4n) is 1.93. The van der Waals surface area contributed by atoms with Crippen molar-refractivity contribution in [3.63, 3.8) is 0 Å². The van der Waals surface area contributed by atoms with Crippen molar-refractivity contribution < 1.29 is 0 Å². The Kier molecular flexibility index (Phi) is 4.15. The summed E-state index contributed by atoms with van der Waals surface area (Å²) in [5.74, 6) is 1.71. The molecular formula is C15H21N3. The molecule has 18 heavy (non-hydrogen) atoms. The molecule has 0 fully saturated rings. The molecule has 1 heterocycles. The molecule has 0 unspecified atom stereocenters. The normalized spacial score (nSPS) is 11.1. The van der Waals surface area contributed by atoms with Gasteiger partial charge in [0, 0.05) is 24.6 Å². The van der Waals surface area contributed by atoms with Gasteiger partial charge in [0.15, 0.2) is 0 Å². The first-order chi connectivity index (χ1) is 8.66. The summed E-state index contributed by atoms with van der Waals surface area (Å²) in [5, 5.41) is 3.45. The lowest BCUT2D eigenvalue weighted by Gasteiger charge is -2.09. The zero-order chi connectivity index (χ0) is 13.0. The maximum absolute atomic E-state index is 4.24. The maximum Gasteiger partial charge on any atom is 0.110 e. The number of hydrogen-bond acceptors (Lipinski definition) is 2. The quantitative estimate of drug-likeness (QED) is 0.875. The lowest BCUT2D eigenvalue weighted by Crippen LogP contribution is -2.18. The van der Waals surface area contributed by atoms with Gasteiger partial charge in [-0.15, -0.1) is 0 Å². The van der Waals surface area contributed by atoms with Crippen LogP contribution in [-0.4, -0.2) is 16.1 Å². The van der Waals surface area contributed by atoms with E-state index in [1.54, 1.807) is 0 Å². The van der Waals surface area contributed by atoms with Gasteiger partial charge in [0.05, 0.1) is 0 Å². The zero-order valence-corrected chi connectivity index (χ0v) is 11.4. The monoisotopic (exact) mass is 243 g/mol. The molecule has 0 aliphatic heterocycles. The summed E-state index contributed by atoms with van der Waals surface area (Å²) in [7, 11) is 0. The van der Waals surface area contributed by atoms with E-state index in [0.29, 0.717) is 5.92 Å². The number of nitrogens with one attached hydrogen (secondary N) is 1. The van der Waals surface area contributed by atoms with E-state index < -0.39 is 0 Å². The van der Waals surface area contributed by atoms with E-state index >= 15 is 0 Å². The van der Waals surface area contributed by atoms with Crippen molar-refractivity contribution in [3.8, 4) is 5.69 Å². The van der Waals surface area contributed by atoms with Gasteiger partial charge in [-0.3, -0.25) is 0 Å². The van der Waals surface area contributed by atoms with Gasteiger partial charge in [0.2, 0.25) is 0 Å². The molecule has 1 aromatic heterocycles. The highest BCUT2D eigenvalue weighted by atomic mass is 15.1. The predicted octanol–water partition coefficient (Wildman–Crippen LogP) is 2.93. The topological polar surface area (TPSA) is 29.9 Å². The fourth-order valence-corrected chi connectivity index (χ4v) is 1.93. The largest absolute Gasteiger partial charge is 0.312 e. The summed E-state index contributed by atoms with van der Waals surface area (Å²) in [6.07, 6.45) is 3.81. The minimum atomic E-state index is 0.692. The van der Waals surface area contributed by atoms with E-state index in [2.05, 4.69) is 53.0 Å². The number of rotatable bonds is 5. The summed E-state index contributed by atoms with van der Waals surface area (Å²) < 4.78 is 2.09. The van der Waals surface area contributed by atoms with E-state index in [1.807, 2.05) is 19.3 Å². The summed E-state index contributed by atoms with van der Waals surface area (Å²) >= 11 is 0. The Labute approximate surface area is 109 Å². The first kappa shape index (κ1) is 12.8. The molecule has 0 saturated carbocycles. The van der Waals surface area contributed by atoms with E-state index in [9.17, 15) is 0 Å². The molecule has 0 aliphatic rings. The van der Waals surface area contributed by atoms with Crippen molar-refractivity contribution in [3.05, 3.63) is 48.0 Å². The van der Waals surface area contributed by atoms with Crippen LogP contribution in [0, 0.1) is 12.8 Å². The van der Waals surface area contributed by atoms with Crippen LogP contribution in [0.4, 0.5) is 0 Å².